The SMILES string of the molecule is CO[C@]12CC(O)CC(O)[C@H](O)CCC(O)CC(O)CC(=O)O[C@@H](C)[C@H](C)[C@H](O)[C@@H](C)/C=C/C=C/C=C/C=C/C=C/C=C/C=C/[C@H](OC3OC(C)C(C)C(NC(=O)OCC4c5ccccc5-c5ccccc54)C3O)CC(O1)[C@@H]1NC(=O)O[C@H]1C2. The normalized spacial score (nSPS) is 39.1. The van der Waals surface area contributed by atoms with Crippen LogP contribution in [0.2, 0.25) is 0 Å². The first-order valence-electron chi connectivity index (χ1n) is 29.0. The van der Waals surface area contributed by atoms with Crippen molar-refractivity contribution in [3.8, 4) is 11.1 Å². The Morgan fingerprint density at radius 3 is 1.88 bits per heavy atom. The maximum Gasteiger partial charge on any atom is 0.407 e. The first-order valence-corrected chi connectivity index (χ1v) is 29.0. The average molecular weight is 1160 g/mol. The Balaban J connectivity index is 1.08. The minimum Gasteiger partial charge on any atom is -0.462 e. The summed E-state index contributed by atoms with van der Waals surface area (Å²) in [6.07, 6.45) is 8.78. The highest BCUT2D eigenvalue weighted by atomic mass is 16.7. The number of hydrogen-bond acceptors (Lipinski definition) is 17. The highest BCUT2D eigenvalue weighted by Gasteiger charge is 2.54. The lowest BCUT2D eigenvalue weighted by Gasteiger charge is -2.46. The van der Waals surface area contributed by atoms with Gasteiger partial charge >= 0.3 is 18.2 Å². The van der Waals surface area contributed by atoms with Gasteiger partial charge in [-0.2, -0.15) is 0 Å². The van der Waals surface area contributed by atoms with Crippen LogP contribution in [-0.2, 0) is 38.0 Å². The van der Waals surface area contributed by atoms with Crippen LogP contribution in [0.3, 0.4) is 0 Å². The fourth-order valence-corrected chi connectivity index (χ4v) is 11.5. The zero-order chi connectivity index (χ0) is 59.8. The first-order chi connectivity index (χ1) is 39.8. The van der Waals surface area contributed by atoms with Crippen molar-refractivity contribution in [1.82, 2.24) is 10.6 Å². The van der Waals surface area contributed by atoms with Crippen molar-refractivity contribution in [2.75, 3.05) is 13.7 Å². The van der Waals surface area contributed by atoms with E-state index in [1.165, 1.54) is 7.11 Å². The van der Waals surface area contributed by atoms with Crippen LogP contribution >= 0.6 is 0 Å². The van der Waals surface area contributed by atoms with E-state index in [4.69, 9.17) is 33.2 Å². The third kappa shape index (κ3) is 17.9. The molecule has 19 nitrogen and oxygen atoms in total. The van der Waals surface area contributed by atoms with Gasteiger partial charge in [-0.25, -0.2) is 9.59 Å². The van der Waals surface area contributed by atoms with E-state index in [9.17, 15) is 50.1 Å². The smallest absolute Gasteiger partial charge is 0.407 e. The molecule has 9 N–H and O–H groups in total. The van der Waals surface area contributed by atoms with Gasteiger partial charge in [0.05, 0.1) is 73.4 Å². The third-order valence-corrected chi connectivity index (χ3v) is 16.6. The molecular weight excluding hydrogens is 1070 g/mol. The number of alkyl carbamates (subject to hydrolysis) is 2. The summed E-state index contributed by atoms with van der Waals surface area (Å²) in [6, 6.07) is 14.5. The van der Waals surface area contributed by atoms with Crippen molar-refractivity contribution >= 4 is 18.2 Å². The molecule has 4 heterocycles. The van der Waals surface area contributed by atoms with Crippen molar-refractivity contribution in [3.63, 3.8) is 0 Å². The number of carbonyl (C=O) groups is 3. The second kappa shape index (κ2) is 30.8. The summed E-state index contributed by atoms with van der Waals surface area (Å²) >= 11 is 0. The molecule has 4 aliphatic heterocycles. The minimum atomic E-state index is -1.59. The van der Waals surface area contributed by atoms with Gasteiger partial charge in [0, 0.05) is 56.5 Å². The van der Waals surface area contributed by atoms with Crippen LogP contribution in [0.15, 0.2) is 134 Å². The van der Waals surface area contributed by atoms with Gasteiger partial charge in [-0.3, -0.25) is 4.79 Å². The predicted molar refractivity (Wildman–Crippen MR) is 309 cm³/mol. The van der Waals surface area contributed by atoms with E-state index in [1.54, 1.807) is 38.2 Å². The zero-order valence-electron chi connectivity index (χ0n) is 48.2. The third-order valence-electron chi connectivity index (χ3n) is 16.6. The molecule has 7 rings (SSSR count). The number of allylic oxidation sites excluding steroid dienone is 12. The summed E-state index contributed by atoms with van der Waals surface area (Å²) in [7, 11) is 1.38. The molecular formula is C64H86N2O17. The van der Waals surface area contributed by atoms with E-state index >= 15 is 0 Å². The topological polar surface area (TPSA) is 281 Å². The average Bonchev–Trinajstić information content (AvgIpc) is 4.23. The molecule has 0 saturated carbocycles. The Morgan fingerprint density at radius 1 is 0.651 bits per heavy atom. The molecule has 83 heavy (non-hydrogen) atoms. The minimum absolute atomic E-state index is 0.0158. The zero-order valence-corrected chi connectivity index (χ0v) is 48.2. The summed E-state index contributed by atoms with van der Waals surface area (Å²) in [4.78, 5) is 39.4. The van der Waals surface area contributed by atoms with Crippen molar-refractivity contribution in [2.45, 2.75) is 189 Å². The summed E-state index contributed by atoms with van der Waals surface area (Å²) in [5.41, 5.74) is 4.29. The number of benzene rings is 2. The maximum atomic E-state index is 13.7. The molecule has 10 unspecified atom stereocenters. The predicted octanol–water partition coefficient (Wildman–Crippen LogP) is 6.64. The number of amides is 2. The Morgan fingerprint density at radius 2 is 1.25 bits per heavy atom. The molecule has 19 heteroatoms. The van der Waals surface area contributed by atoms with Crippen LogP contribution in [0.25, 0.3) is 11.1 Å². The maximum absolute atomic E-state index is 13.7. The van der Waals surface area contributed by atoms with Crippen LogP contribution in [0, 0.1) is 17.8 Å². The van der Waals surface area contributed by atoms with Crippen LogP contribution in [-0.4, -0.2) is 165 Å². The molecule has 454 valence electrons. The fraction of sp³-hybridized carbons (Fsp3) is 0.547. The van der Waals surface area contributed by atoms with Gasteiger partial charge in [0.25, 0.3) is 0 Å². The van der Waals surface area contributed by atoms with Gasteiger partial charge in [0.1, 0.15) is 24.9 Å². The Hall–Kier alpha value is -5.81. The van der Waals surface area contributed by atoms with Crippen LogP contribution in [0.1, 0.15) is 103 Å². The molecule has 1 aliphatic carbocycles. The molecule has 0 spiro atoms. The number of methoxy groups -OCH3 is 1. The molecule has 2 aromatic carbocycles. The quantitative estimate of drug-likeness (QED) is 0.108. The van der Waals surface area contributed by atoms with E-state index in [1.807, 2.05) is 118 Å². The van der Waals surface area contributed by atoms with Gasteiger partial charge in [0.2, 0.25) is 0 Å². The van der Waals surface area contributed by atoms with E-state index in [2.05, 4.69) is 22.8 Å². The van der Waals surface area contributed by atoms with E-state index < -0.39 is 128 Å². The van der Waals surface area contributed by atoms with Crippen molar-refractivity contribution in [2.24, 2.45) is 17.8 Å². The number of cyclic esters (lactones) is 1. The van der Waals surface area contributed by atoms with Crippen LogP contribution in [0.5, 0.6) is 0 Å². The lowest BCUT2D eigenvalue weighted by Crippen LogP contribution is -2.61. The van der Waals surface area contributed by atoms with Gasteiger partial charge in [0.15, 0.2) is 12.1 Å². The molecule has 5 aliphatic rings. The number of aliphatic hydroxyl groups is 7. The fourth-order valence-electron chi connectivity index (χ4n) is 11.5. The molecule has 3 fully saturated rings. The van der Waals surface area contributed by atoms with Crippen molar-refractivity contribution < 1.29 is 83.3 Å². The molecule has 2 amide bonds. The number of rotatable bonds is 6. The highest BCUT2D eigenvalue weighted by molar-refractivity contribution is 5.79. The van der Waals surface area contributed by atoms with Gasteiger partial charge in [-0.15, -0.1) is 0 Å². The summed E-state index contributed by atoms with van der Waals surface area (Å²) in [5, 5.41) is 83.7. The van der Waals surface area contributed by atoms with E-state index in [0.717, 1.165) is 22.3 Å². The molecule has 19 atom stereocenters. The summed E-state index contributed by atoms with van der Waals surface area (Å²) in [5.74, 6) is -3.57. The molecule has 0 aromatic heterocycles. The molecule has 0 radical (unpaired) electrons. The monoisotopic (exact) mass is 1150 g/mol. The van der Waals surface area contributed by atoms with Crippen LogP contribution in [0.4, 0.5) is 9.59 Å². The number of nitrogens with one attached hydrogen (secondary N) is 2. The second-order valence-electron chi connectivity index (χ2n) is 22.7. The van der Waals surface area contributed by atoms with E-state index in [-0.39, 0.29) is 69.3 Å². The Labute approximate surface area is 487 Å². The largest absolute Gasteiger partial charge is 0.462 e. The highest BCUT2D eigenvalue weighted by Crippen LogP contribution is 2.45. The number of esters is 1. The molecule has 2 aromatic rings. The lowest BCUT2D eigenvalue weighted by atomic mass is 9.87. The Bertz CT molecular complexity index is 2610. The molecule has 3 saturated heterocycles. The summed E-state index contributed by atoms with van der Waals surface area (Å²) < 4.78 is 42.8. The van der Waals surface area contributed by atoms with E-state index in [0.29, 0.717) is 0 Å². The lowest BCUT2D eigenvalue weighted by molar-refractivity contribution is -0.305. The van der Waals surface area contributed by atoms with Gasteiger partial charge < -0.3 is 79.5 Å². The van der Waals surface area contributed by atoms with Crippen molar-refractivity contribution in [1.29, 1.82) is 0 Å². The number of fused-ring (bicyclic) bond motifs is 7. The van der Waals surface area contributed by atoms with Crippen LogP contribution < -0.4 is 10.6 Å². The van der Waals surface area contributed by atoms with Gasteiger partial charge in [-0.1, -0.05) is 154 Å². The first kappa shape index (κ1) is 64.7. The van der Waals surface area contributed by atoms with Crippen molar-refractivity contribution in [3.05, 3.63) is 145 Å². The number of ether oxygens (including phenoxy) is 7. The van der Waals surface area contributed by atoms with Gasteiger partial charge in [-0.05, 0) is 55.4 Å². The Kier molecular flexibility index (Phi) is 24.1. The number of aliphatic hydroxyl groups excluding tert-OH is 7. The second-order valence-corrected chi connectivity index (χ2v) is 22.7. The number of carbonyl (C=O) groups excluding carboxylic acids is 3. The standard InChI is InChI=1S/C64H86N2O17/c1-38-23-17-15-13-11-9-7-8-10-12-14-16-18-24-46(81-61-60(74)57(39(2)41(4)80-61)65-62(75)78-37-51-49-27-21-19-25-47(49)48-26-20-22-28-50(48)51)34-54-58-55(82-63(76)66-58)36-64(77-6,83-54)35-45(69)32-53(71)52(70)30-29-43(67)31-44(68)33-56(72)79-42(5)40(3)59(38)73/h7-28,38-46,51-55,57-61,67-71,73-74H,29-37H2,1-6H3,(H,65,75)(H,66,76)/b8-7+,11-9+,12-10+,15-13+,16-14+,23-17+,24-18+/t38-,39?,40-,41?,42-,43?,44?,45?,46-,52+,53?,54?,55-,57?,58-,59+,60?,61?,64+/m0/s1. The summed E-state index contributed by atoms with van der Waals surface area (Å²) in [6.45, 7) is 9.03. The molecule has 2 bridgehead atoms. The number of hydrogen-bond donors (Lipinski definition) is 9.